The molecule has 0 rings (SSSR count). The fraction of sp³-hybridized carbons (Fsp3) is 0. The van der Waals surface area contributed by atoms with Crippen molar-refractivity contribution in [3.05, 3.63) is 0 Å². The first-order valence-electron chi connectivity index (χ1n) is 3.97. The normalized spacial score (nSPS) is 19.7. The van der Waals surface area contributed by atoms with Gasteiger partial charge in [0, 0.05) is 8.55 Å². The van der Waals surface area contributed by atoms with Crippen molar-refractivity contribution in [2.24, 2.45) is 0 Å². The van der Waals surface area contributed by atoms with E-state index >= 15 is 0 Å². The molecular weight excluding hydrogens is 305 g/mol. The van der Waals surface area contributed by atoms with Gasteiger partial charge in [-0.05, 0) is 52.5 Å². The predicted molar refractivity (Wildman–Crippen MR) is 78.7 cm³/mol. The summed E-state index contributed by atoms with van der Waals surface area (Å²) in [5.74, 6) is 0. The first-order chi connectivity index (χ1) is 4.41. The Morgan fingerprint density at radius 3 is 2.00 bits per heavy atom. The zero-order valence-corrected chi connectivity index (χ0v) is 19.8. The van der Waals surface area contributed by atoms with Crippen molar-refractivity contribution < 1.29 is 0 Å². The molecule has 0 aromatic carbocycles. The van der Waals surface area contributed by atoms with Gasteiger partial charge in [0.1, 0.15) is 0 Å². The molecule has 0 unspecified atom stereocenters. The van der Waals surface area contributed by atoms with E-state index in [-0.39, 0.29) is 0 Å². The van der Waals surface area contributed by atoms with E-state index in [4.69, 9.17) is 0 Å². The maximum absolute atomic E-state index is 3.72. The van der Waals surface area contributed by atoms with E-state index in [1.165, 1.54) is 0 Å². The molecule has 0 spiro atoms. The van der Waals surface area contributed by atoms with Gasteiger partial charge < -0.3 is 0 Å². The van der Waals surface area contributed by atoms with Crippen molar-refractivity contribution in [1.29, 1.82) is 0 Å². The first-order valence-corrected chi connectivity index (χ1v) is 37.5. The summed E-state index contributed by atoms with van der Waals surface area (Å²) in [7, 11) is 7.09. The molecule has 0 saturated heterocycles. The van der Waals surface area contributed by atoms with Gasteiger partial charge in [0.2, 0.25) is 0 Å². The van der Waals surface area contributed by atoms with Gasteiger partial charge in [0.15, 0.2) is 0 Å². The van der Waals surface area contributed by atoms with Crippen molar-refractivity contribution in [2.45, 2.75) is 0 Å². The molecule has 0 aliphatic heterocycles. The van der Waals surface area contributed by atoms with Crippen LogP contribution in [0.15, 0.2) is 0 Å². The molecule has 0 aliphatic rings. The number of rotatable bonds is 6. The maximum Gasteiger partial charge on any atom is 0.0811 e. The van der Waals surface area contributed by atoms with Crippen molar-refractivity contribution in [2.75, 3.05) is 0 Å². The zero-order chi connectivity index (χ0) is 6.95. The SMILES string of the molecule is [SiH3][SiH2][SiH2][SiH2][SiH2][SiH2][SiH2][SiH2]Br. The average molecular weight is 322 g/mol. The maximum atomic E-state index is 3.72. The van der Waals surface area contributed by atoms with Crippen molar-refractivity contribution in [1.82, 2.24) is 0 Å². The van der Waals surface area contributed by atoms with Crippen molar-refractivity contribution >= 4 is 84.0 Å². The minimum atomic E-state index is 0.485. The van der Waals surface area contributed by atoms with E-state index in [2.05, 4.69) is 15.3 Å². The standard InChI is InChI=1S/BrH17Si8/c1-3-5-7-9-8-6-4-2/h3-9H2,2H3. The second kappa shape index (κ2) is 10.2. The van der Waals surface area contributed by atoms with Gasteiger partial charge in [-0.3, -0.25) is 0 Å². The van der Waals surface area contributed by atoms with Crippen LogP contribution in [0.3, 0.4) is 0 Å². The smallest absolute Gasteiger partial charge is 0.0811 e. The zero-order valence-electron chi connectivity index (χ0n) is 6.33. The van der Waals surface area contributed by atoms with E-state index < -0.39 is 0 Å². The summed E-state index contributed by atoms with van der Waals surface area (Å²) in [6.07, 6.45) is 0. The fourth-order valence-corrected chi connectivity index (χ4v) is 229. The molecule has 0 amide bonds. The van der Waals surface area contributed by atoms with Gasteiger partial charge in [0.05, 0.1) is 7.66 Å². The molecule has 0 aromatic rings. The molecule has 0 N–H and O–H groups in total. The fourth-order valence-electron chi connectivity index (χ4n) is 0.875. The van der Waals surface area contributed by atoms with Crippen LogP contribution >= 0.6 is 15.3 Å². The summed E-state index contributed by atoms with van der Waals surface area (Å²) in [5, 5.41) is 0. The minimum Gasteiger partial charge on any atom is -0.140 e. The van der Waals surface area contributed by atoms with Crippen molar-refractivity contribution in [3.8, 4) is 0 Å². The third-order valence-corrected chi connectivity index (χ3v) is 128. The van der Waals surface area contributed by atoms with E-state index in [9.17, 15) is 0 Å². The first kappa shape index (κ1) is 11.2. The van der Waals surface area contributed by atoms with Crippen LogP contribution in [0.2, 0.25) is 0 Å². The summed E-state index contributed by atoms with van der Waals surface area (Å²) >= 11 is 3.72. The Hall–Kier alpha value is 2.22. The summed E-state index contributed by atoms with van der Waals surface area (Å²) in [4.78, 5) is 0. The predicted octanol–water partition coefficient (Wildman–Crippen LogP) is -6.75. The Kier molecular flexibility index (Phi) is 12.7. The molecule has 0 atom stereocenters. The topological polar surface area (TPSA) is 0 Å². The highest BCUT2D eigenvalue weighted by Gasteiger charge is 1.90. The molecule has 0 nitrogen and oxygen atoms in total. The Labute approximate surface area is 83.4 Å². The van der Waals surface area contributed by atoms with Crippen LogP contribution in [-0.4, -0.2) is 68.7 Å². The second-order valence-corrected chi connectivity index (χ2v) is 70.1. The quantitative estimate of drug-likeness (QED) is 0.259. The summed E-state index contributed by atoms with van der Waals surface area (Å²) < 4.78 is 0. The van der Waals surface area contributed by atoms with E-state index in [0.29, 0.717) is 7.66 Å². The Morgan fingerprint density at radius 1 is 0.889 bits per heavy atom. The Bertz CT molecular complexity index is 37.8. The largest absolute Gasteiger partial charge is 0.140 e. The van der Waals surface area contributed by atoms with Crippen LogP contribution in [0.5, 0.6) is 0 Å². The van der Waals surface area contributed by atoms with Crippen LogP contribution in [0.4, 0.5) is 0 Å². The van der Waals surface area contributed by atoms with Gasteiger partial charge >= 0.3 is 0 Å². The Balaban J connectivity index is 2.60. The lowest BCUT2D eigenvalue weighted by Gasteiger charge is -1.91. The van der Waals surface area contributed by atoms with Crippen LogP contribution < -0.4 is 0 Å². The van der Waals surface area contributed by atoms with Crippen LogP contribution in [0, 0.1) is 0 Å². The lowest BCUT2D eigenvalue weighted by molar-refractivity contribution is 3.87. The highest BCUT2D eigenvalue weighted by Crippen LogP contribution is 1.66. The summed E-state index contributed by atoms with van der Waals surface area (Å²) in [5.41, 5.74) is 0. The third-order valence-electron chi connectivity index (χ3n) is 1.49. The van der Waals surface area contributed by atoms with E-state index in [1.807, 2.05) is 0 Å². The molecule has 0 saturated carbocycles. The molecule has 0 aliphatic carbocycles. The van der Waals surface area contributed by atoms with Crippen molar-refractivity contribution in [3.63, 3.8) is 0 Å². The van der Waals surface area contributed by atoms with Gasteiger partial charge in [-0.1, -0.05) is 0 Å². The highest BCUT2D eigenvalue weighted by atomic mass is 79.9. The summed E-state index contributed by atoms with van der Waals surface area (Å²) in [6.45, 7) is 0. The lowest BCUT2D eigenvalue weighted by atomic mass is 26.2. The van der Waals surface area contributed by atoms with Gasteiger partial charge in [0.25, 0.3) is 0 Å². The van der Waals surface area contributed by atoms with Gasteiger partial charge in [-0.15, -0.1) is 15.3 Å². The van der Waals surface area contributed by atoms with Gasteiger partial charge in [-0.25, -0.2) is 0 Å². The third kappa shape index (κ3) is 10.2. The minimum absolute atomic E-state index is 0.485. The molecule has 9 heavy (non-hydrogen) atoms. The monoisotopic (exact) mass is 320 g/mol. The molecular formula is H17BrSi8. The number of hydrogen-bond donors (Lipinski definition) is 0. The van der Waals surface area contributed by atoms with Crippen LogP contribution in [-0.2, 0) is 0 Å². The second-order valence-electron chi connectivity index (χ2n) is 2.46. The molecule has 0 radical (unpaired) electrons. The molecule has 0 aromatic heterocycles. The van der Waals surface area contributed by atoms with Crippen LogP contribution in [0.1, 0.15) is 0 Å². The van der Waals surface area contributed by atoms with Crippen LogP contribution in [0.25, 0.3) is 0 Å². The highest BCUT2D eigenvalue weighted by molar-refractivity contribution is 9.24. The average Bonchev–Trinajstić information content (AvgIpc) is 1.89. The molecule has 9 heteroatoms. The molecule has 0 fully saturated rings. The molecule has 0 bridgehead atoms. The molecule has 0 heterocycles. The summed E-state index contributed by atoms with van der Waals surface area (Å²) in [6, 6.07) is 0. The lowest BCUT2D eigenvalue weighted by Crippen LogP contribution is -2.27. The van der Waals surface area contributed by atoms with E-state index in [1.54, 1.807) is 9.76 Å². The molecule has 56 valence electrons. The van der Waals surface area contributed by atoms with E-state index in [0.717, 1.165) is 51.3 Å². The number of halogens is 1. The Morgan fingerprint density at radius 2 is 1.44 bits per heavy atom. The number of hydrogen-bond acceptors (Lipinski definition) is 0. The van der Waals surface area contributed by atoms with Gasteiger partial charge in [-0.2, -0.15) is 0 Å².